The lowest BCUT2D eigenvalue weighted by atomic mass is 10.0. The van der Waals surface area contributed by atoms with Crippen molar-refractivity contribution in [3.63, 3.8) is 0 Å². The number of nitrogens with one attached hydrogen (secondary N) is 1. The molecule has 0 saturated carbocycles. The molecule has 0 bridgehead atoms. The van der Waals surface area contributed by atoms with Gasteiger partial charge in [0.1, 0.15) is 5.75 Å². The number of rotatable bonds is 5. The zero-order valence-electron chi connectivity index (χ0n) is 17.4. The van der Waals surface area contributed by atoms with Gasteiger partial charge in [0.2, 0.25) is 0 Å². The van der Waals surface area contributed by atoms with Crippen LogP contribution in [0.5, 0.6) is 5.75 Å². The van der Waals surface area contributed by atoms with Gasteiger partial charge >= 0.3 is 5.97 Å². The number of pyridine rings is 1. The van der Waals surface area contributed by atoms with Crippen molar-refractivity contribution in [1.82, 2.24) is 10.3 Å². The quantitative estimate of drug-likeness (QED) is 0.294. The average Bonchev–Trinajstić information content (AvgIpc) is 2.77. The third-order valence-electron chi connectivity index (χ3n) is 5.14. The highest BCUT2D eigenvalue weighted by molar-refractivity contribution is 6.14. The highest BCUT2D eigenvalue weighted by Gasteiger charge is 2.20. The first-order valence-corrected chi connectivity index (χ1v) is 10.1. The molecule has 0 spiro atoms. The lowest BCUT2D eigenvalue weighted by Crippen LogP contribution is -2.29. The van der Waals surface area contributed by atoms with Crippen LogP contribution in [-0.2, 0) is 0 Å². The molecule has 4 rings (SSSR count). The minimum absolute atomic E-state index is 0.208. The molecule has 0 fully saturated rings. The van der Waals surface area contributed by atoms with Gasteiger partial charge in [0.25, 0.3) is 5.91 Å². The van der Waals surface area contributed by atoms with Gasteiger partial charge < -0.3 is 15.8 Å². The first-order chi connectivity index (χ1) is 15.0. The van der Waals surface area contributed by atoms with Crippen LogP contribution < -0.4 is 15.8 Å². The Balaban J connectivity index is 1.75. The van der Waals surface area contributed by atoms with E-state index in [1.807, 2.05) is 62.4 Å². The molecule has 4 aromatic rings. The number of hydrogen-bond donors (Lipinski definition) is 2. The number of ether oxygens (including phenoxy) is 1. The van der Waals surface area contributed by atoms with Gasteiger partial charge in [-0.3, -0.25) is 4.79 Å². The predicted octanol–water partition coefficient (Wildman–Crippen LogP) is 3.91. The van der Waals surface area contributed by atoms with Crippen LogP contribution in [0.25, 0.3) is 21.8 Å². The molecule has 0 saturated heterocycles. The maximum atomic E-state index is 13.4. The van der Waals surface area contributed by atoms with Gasteiger partial charge in [-0.2, -0.15) is 0 Å². The third kappa shape index (κ3) is 3.98. The standard InChI is InChI=1S/C25H23N3O3/c1-15-13-17(24(29)27-12-11-26)14-16(2)23(15)31-25(30)22-18-7-3-5-9-20(18)28-21-10-6-4-8-19(21)22/h3-10,13-14H,11-12,26H2,1-2H3,(H,27,29). The number of fused-ring (bicyclic) bond motifs is 2. The number of carbonyl (C=O) groups is 2. The number of aryl methyl sites for hydroxylation is 2. The maximum absolute atomic E-state index is 13.4. The summed E-state index contributed by atoms with van der Waals surface area (Å²) in [7, 11) is 0. The van der Waals surface area contributed by atoms with Crippen molar-refractivity contribution in [3.8, 4) is 5.75 Å². The molecule has 1 amide bonds. The van der Waals surface area contributed by atoms with Crippen LogP contribution in [0.15, 0.2) is 60.7 Å². The highest BCUT2D eigenvalue weighted by atomic mass is 16.5. The molecule has 1 heterocycles. The van der Waals surface area contributed by atoms with Crippen molar-refractivity contribution in [2.24, 2.45) is 5.73 Å². The fourth-order valence-electron chi connectivity index (χ4n) is 3.73. The topological polar surface area (TPSA) is 94.3 Å². The molecule has 0 atom stereocenters. The van der Waals surface area contributed by atoms with Crippen LogP contribution >= 0.6 is 0 Å². The number of aromatic nitrogens is 1. The SMILES string of the molecule is Cc1cc(C(=O)NCCN)cc(C)c1OC(=O)c1c2ccccc2nc2ccccc12. The molecule has 3 N–H and O–H groups in total. The van der Waals surface area contributed by atoms with E-state index >= 15 is 0 Å². The number of para-hydroxylation sites is 2. The molecule has 3 aromatic carbocycles. The molecule has 6 nitrogen and oxygen atoms in total. The van der Waals surface area contributed by atoms with Crippen LogP contribution in [0.1, 0.15) is 31.8 Å². The van der Waals surface area contributed by atoms with E-state index in [4.69, 9.17) is 10.5 Å². The number of esters is 1. The van der Waals surface area contributed by atoms with E-state index in [-0.39, 0.29) is 5.91 Å². The lowest BCUT2D eigenvalue weighted by molar-refractivity contribution is 0.0736. The smallest absolute Gasteiger partial charge is 0.344 e. The van der Waals surface area contributed by atoms with Crippen molar-refractivity contribution in [1.29, 1.82) is 0 Å². The predicted molar refractivity (Wildman–Crippen MR) is 122 cm³/mol. The summed E-state index contributed by atoms with van der Waals surface area (Å²) >= 11 is 0. The lowest BCUT2D eigenvalue weighted by Gasteiger charge is -2.15. The van der Waals surface area contributed by atoms with E-state index in [1.54, 1.807) is 12.1 Å². The Morgan fingerprint density at radius 2 is 1.48 bits per heavy atom. The number of benzene rings is 3. The Morgan fingerprint density at radius 1 is 0.935 bits per heavy atom. The molecule has 0 unspecified atom stereocenters. The summed E-state index contributed by atoms with van der Waals surface area (Å²) < 4.78 is 5.88. The summed E-state index contributed by atoms with van der Waals surface area (Å²) in [4.78, 5) is 30.3. The molecular formula is C25H23N3O3. The molecule has 6 heteroatoms. The fourth-order valence-corrected chi connectivity index (χ4v) is 3.73. The first-order valence-electron chi connectivity index (χ1n) is 10.1. The second-order valence-corrected chi connectivity index (χ2v) is 7.39. The van der Waals surface area contributed by atoms with Crippen LogP contribution in [0.3, 0.4) is 0 Å². The molecule has 0 aliphatic heterocycles. The summed E-state index contributed by atoms with van der Waals surface area (Å²) in [5, 5.41) is 4.22. The second kappa shape index (κ2) is 8.53. The summed E-state index contributed by atoms with van der Waals surface area (Å²) in [5.74, 6) is -0.215. The summed E-state index contributed by atoms with van der Waals surface area (Å²) in [5.41, 5.74) is 9.30. The number of amides is 1. The largest absolute Gasteiger partial charge is 0.422 e. The van der Waals surface area contributed by atoms with E-state index < -0.39 is 5.97 Å². The van der Waals surface area contributed by atoms with E-state index in [0.717, 1.165) is 21.8 Å². The van der Waals surface area contributed by atoms with Gasteiger partial charge in [-0.25, -0.2) is 9.78 Å². The van der Waals surface area contributed by atoms with Gasteiger partial charge in [0.15, 0.2) is 0 Å². The zero-order valence-corrected chi connectivity index (χ0v) is 17.4. The second-order valence-electron chi connectivity index (χ2n) is 7.39. The van der Waals surface area contributed by atoms with Gasteiger partial charge in [0.05, 0.1) is 16.6 Å². The molecule has 0 aliphatic rings. The van der Waals surface area contributed by atoms with Crippen LogP contribution in [0, 0.1) is 13.8 Å². The molecule has 1 aromatic heterocycles. The van der Waals surface area contributed by atoms with Crippen molar-refractivity contribution < 1.29 is 14.3 Å². The normalized spacial score (nSPS) is 10.9. The van der Waals surface area contributed by atoms with Crippen molar-refractivity contribution in [2.75, 3.05) is 13.1 Å². The monoisotopic (exact) mass is 413 g/mol. The number of nitrogens with zero attached hydrogens (tertiary/aromatic N) is 1. The minimum Gasteiger partial charge on any atom is -0.422 e. The van der Waals surface area contributed by atoms with Crippen LogP contribution in [0.4, 0.5) is 0 Å². The van der Waals surface area contributed by atoms with Crippen LogP contribution in [0.2, 0.25) is 0 Å². The van der Waals surface area contributed by atoms with E-state index in [2.05, 4.69) is 10.3 Å². The van der Waals surface area contributed by atoms with Gasteiger partial charge in [-0.05, 0) is 49.2 Å². The number of carbonyl (C=O) groups excluding carboxylic acids is 2. The summed E-state index contributed by atoms with van der Waals surface area (Å²) in [6, 6.07) is 18.5. The molecule has 156 valence electrons. The Morgan fingerprint density at radius 3 is 2.03 bits per heavy atom. The fraction of sp³-hybridized carbons (Fsp3) is 0.160. The van der Waals surface area contributed by atoms with Gasteiger partial charge in [0, 0.05) is 29.4 Å². The highest BCUT2D eigenvalue weighted by Crippen LogP contribution is 2.30. The summed E-state index contributed by atoms with van der Waals surface area (Å²) in [6.45, 7) is 4.40. The van der Waals surface area contributed by atoms with E-state index in [9.17, 15) is 9.59 Å². The molecule has 0 aliphatic carbocycles. The van der Waals surface area contributed by atoms with Gasteiger partial charge in [-0.15, -0.1) is 0 Å². The van der Waals surface area contributed by atoms with Crippen molar-refractivity contribution in [2.45, 2.75) is 13.8 Å². The van der Waals surface area contributed by atoms with Crippen molar-refractivity contribution >= 4 is 33.7 Å². The maximum Gasteiger partial charge on any atom is 0.344 e. The first kappa shape index (κ1) is 20.5. The average molecular weight is 413 g/mol. The molecule has 31 heavy (non-hydrogen) atoms. The Hall–Kier alpha value is -3.77. The van der Waals surface area contributed by atoms with Crippen molar-refractivity contribution in [3.05, 3.63) is 82.9 Å². The van der Waals surface area contributed by atoms with E-state index in [1.165, 1.54) is 0 Å². The zero-order chi connectivity index (χ0) is 22.0. The molecule has 0 radical (unpaired) electrons. The third-order valence-corrected chi connectivity index (χ3v) is 5.14. The van der Waals surface area contributed by atoms with Crippen LogP contribution in [-0.4, -0.2) is 29.9 Å². The summed E-state index contributed by atoms with van der Waals surface area (Å²) in [6.07, 6.45) is 0. The Labute approximate surface area is 180 Å². The van der Waals surface area contributed by atoms with E-state index in [0.29, 0.717) is 41.1 Å². The minimum atomic E-state index is -0.457. The Kier molecular flexibility index (Phi) is 5.64. The Bertz CT molecular complexity index is 1240. The van der Waals surface area contributed by atoms with Gasteiger partial charge in [-0.1, -0.05) is 36.4 Å². The molecular weight excluding hydrogens is 390 g/mol. The number of nitrogens with two attached hydrogens (primary N) is 1. The number of hydrogen-bond acceptors (Lipinski definition) is 5.